The normalized spacial score (nSPS) is 29.0. The molecule has 0 aromatic heterocycles. The third-order valence-corrected chi connectivity index (χ3v) is 7.68. The number of halogens is 1. The van der Waals surface area contributed by atoms with Crippen LogP contribution in [0.3, 0.4) is 0 Å². The minimum absolute atomic E-state index is 0.104. The Morgan fingerprint density at radius 1 is 1.35 bits per heavy atom. The number of nitrogens with one attached hydrogen (secondary N) is 1. The largest absolute Gasteiger partial charge is 0.299 e. The van der Waals surface area contributed by atoms with E-state index in [9.17, 15) is 13.2 Å². The lowest BCUT2D eigenvalue weighted by atomic mass is 9.70. The number of Topliss-reactive ketones (excluding diaryl/α,β-unsaturated/α-hetero) is 1. The van der Waals surface area contributed by atoms with Crippen LogP contribution in [0.25, 0.3) is 0 Å². The summed E-state index contributed by atoms with van der Waals surface area (Å²) in [5.41, 5.74) is 0.265. The van der Waals surface area contributed by atoms with E-state index < -0.39 is 15.4 Å². The summed E-state index contributed by atoms with van der Waals surface area (Å²) < 4.78 is 28.1. The second-order valence-electron chi connectivity index (χ2n) is 7.49. The van der Waals surface area contributed by atoms with Crippen LogP contribution < -0.4 is 4.72 Å². The Balaban J connectivity index is 1.90. The quantitative estimate of drug-likeness (QED) is 0.893. The summed E-state index contributed by atoms with van der Waals surface area (Å²) in [7, 11) is -3.63. The van der Waals surface area contributed by atoms with Crippen molar-refractivity contribution in [3.8, 4) is 0 Å². The van der Waals surface area contributed by atoms with Crippen LogP contribution in [-0.4, -0.2) is 20.0 Å². The van der Waals surface area contributed by atoms with Gasteiger partial charge in [0.25, 0.3) is 0 Å². The zero-order valence-corrected chi connectivity index (χ0v) is 15.2. The molecule has 2 atom stereocenters. The molecule has 126 valence electrons. The Kier molecular flexibility index (Phi) is 3.80. The topological polar surface area (TPSA) is 63.2 Å². The number of sulfonamides is 1. The van der Waals surface area contributed by atoms with Crippen molar-refractivity contribution >= 4 is 33.1 Å². The Morgan fingerprint density at radius 2 is 2.04 bits per heavy atom. The van der Waals surface area contributed by atoms with Gasteiger partial charge in [-0.15, -0.1) is 0 Å². The molecule has 1 aromatic carbocycles. The molecule has 0 spiro atoms. The van der Waals surface area contributed by atoms with Crippen molar-refractivity contribution in [2.24, 2.45) is 16.7 Å². The van der Waals surface area contributed by atoms with Gasteiger partial charge in [-0.05, 0) is 48.8 Å². The highest BCUT2D eigenvalue weighted by molar-refractivity contribution is 7.92. The van der Waals surface area contributed by atoms with Crippen LogP contribution in [0.5, 0.6) is 0 Å². The molecule has 3 rings (SSSR count). The number of carbonyl (C=O) groups is 1. The third-order valence-electron chi connectivity index (χ3n) is 6.04. The second kappa shape index (κ2) is 5.21. The zero-order valence-electron chi connectivity index (χ0n) is 13.6. The summed E-state index contributed by atoms with van der Waals surface area (Å²) >= 11 is 5.96. The molecule has 2 saturated carbocycles. The highest BCUT2D eigenvalue weighted by atomic mass is 35.5. The van der Waals surface area contributed by atoms with Gasteiger partial charge >= 0.3 is 0 Å². The number of benzene rings is 1. The lowest BCUT2D eigenvalue weighted by molar-refractivity contribution is -0.128. The van der Waals surface area contributed by atoms with Gasteiger partial charge in [0.1, 0.15) is 5.78 Å². The SMILES string of the molecule is Cc1ccc(Cl)cc1NS(=O)(=O)CC12CCC(CC1=O)C2(C)C. The Labute approximate surface area is 142 Å². The predicted molar refractivity (Wildman–Crippen MR) is 92.2 cm³/mol. The Morgan fingerprint density at radius 3 is 2.61 bits per heavy atom. The monoisotopic (exact) mass is 355 g/mol. The minimum atomic E-state index is -3.63. The van der Waals surface area contributed by atoms with Crippen molar-refractivity contribution in [1.82, 2.24) is 0 Å². The lowest BCUT2D eigenvalue weighted by Crippen LogP contribution is -2.43. The predicted octanol–water partition coefficient (Wildman–Crippen LogP) is 3.79. The van der Waals surface area contributed by atoms with Crippen molar-refractivity contribution in [1.29, 1.82) is 0 Å². The van der Waals surface area contributed by atoms with Crippen LogP contribution in [0.2, 0.25) is 5.02 Å². The smallest absolute Gasteiger partial charge is 0.233 e. The molecule has 2 unspecified atom stereocenters. The van der Waals surface area contributed by atoms with Crippen molar-refractivity contribution in [2.45, 2.75) is 40.0 Å². The van der Waals surface area contributed by atoms with Crippen LogP contribution in [0.4, 0.5) is 5.69 Å². The molecule has 2 aliphatic carbocycles. The van der Waals surface area contributed by atoms with Gasteiger partial charge in [0.15, 0.2) is 0 Å². The van der Waals surface area contributed by atoms with E-state index in [1.807, 2.05) is 20.8 Å². The fourth-order valence-electron chi connectivity index (χ4n) is 4.34. The summed E-state index contributed by atoms with van der Waals surface area (Å²) in [5.74, 6) is 0.263. The maximum Gasteiger partial charge on any atom is 0.233 e. The third kappa shape index (κ3) is 2.58. The zero-order chi connectivity index (χ0) is 17.0. The van der Waals surface area contributed by atoms with E-state index in [2.05, 4.69) is 4.72 Å². The number of aryl methyl sites for hydroxylation is 1. The van der Waals surface area contributed by atoms with Crippen LogP contribution in [0.15, 0.2) is 18.2 Å². The fourth-order valence-corrected chi connectivity index (χ4v) is 6.47. The molecular weight excluding hydrogens is 334 g/mol. The first-order chi connectivity index (χ1) is 10.6. The molecule has 0 radical (unpaired) electrons. The number of hydrogen-bond donors (Lipinski definition) is 1. The summed E-state index contributed by atoms with van der Waals surface area (Å²) in [6, 6.07) is 5.10. The van der Waals surface area contributed by atoms with Crippen LogP contribution in [-0.2, 0) is 14.8 Å². The summed E-state index contributed by atoms with van der Waals surface area (Å²) in [5, 5.41) is 0.477. The highest BCUT2D eigenvalue weighted by Crippen LogP contribution is 2.64. The minimum Gasteiger partial charge on any atom is -0.299 e. The number of carbonyl (C=O) groups excluding carboxylic acids is 1. The molecule has 4 nitrogen and oxygen atoms in total. The summed E-state index contributed by atoms with van der Waals surface area (Å²) in [6.07, 6.45) is 2.11. The first kappa shape index (κ1) is 16.8. The Bertz CT molecular complexity index is 772. The molecule has 1 N–H and O–H groups in total. The van der Waals surface area contributed by atoms with E-state index in [0.29, 0.717) is 29.5 Å². The number of rotatable bonds is 4. The number of fused-ring (bicyclic) bond motifs is 2. The molecule has 0 amide bonds. The van der Waals surface area contributed by atoms with E-state index in [1.165, 1.54) is 0 Å². The van der Waals surface area contributed by atoms with Crippen LogP contribution in [0.1, 0.15) is 38.7 Å². The standard InChI is InChI=1S/C17H22ClNO3S/c1-11-4-5-13(18)9-14(11)19-23(21,22)10-17-7-6-12(8-15(17)20)16(17,2)3/h4-5,9,12,19H,6-8,10H2,1-3H3. The van der Waals surface area contributed by atoms with Gasteiger partial charge in [-0.1, -0.05) is 31.5 Å². The van der Waals surface area contributed by atoms with Crippen LogP contribution in [0, 0.1) is 23.7 Å². The first-order valence-electron chi connectivity index (χ1n) is 7.87. The van der Waals surface area contributed by atoms with Gasteiger partial charge in [-0.3, -0.25) is 9.52 Å². The van der Waals surface area contributed by atoms with E-state index in [0.717, 1.165) is 12.0 Å². The molecule has 23 heavy (non-hydrogen) atoms. The first-order valence-corrected chi connectivity index (χ1v) is 9.90. The van der Waals surface area contributed by atoms with E-state index in [-0.39, 0.29) is 17.0 Å². The van der Waals surface area contributed by atoms with Crippen LogP contribution >= 0.6 is 11.6 Å². The average Bonchev–Trinajstić information content (AvgIpc) is 2.76. The van der Waals surface area contributed by atoms with Crippen molar-refractivity contribution in [3.63, 3.8) is 0 Å². The Hall–Kier alpha value is -1.07. The number of anilines is 1. The maximum absolute atomic E-state index is 12.7. The summed E-state index contributed by atoms with van der Waals surface area (Å²) in [4.78, 5) is 12.5. The van der Waals surface area contributed by atoms with Crippen molar-refractivity contribution in [3.05, 3.63) is 28.8 Å². The highest BCUT2D eigenvalue weighted by Gasteiger charge is 2.65. The summed E-state index contributed by atoms with van der Waals surface area (Å²) in [6.45, 7) is 5.90. The van der Waals surface area contributed by atoms with Gasteiger partial charge in [-0.2, -0.15) is 0 Å². The van der Waals surface area contributed by atoms with E-state index in [1.54, 1.807) is 18.2 Å². The number of hydrogen-bond acceptors (Lipinski definition) is 3. The average molecular weight is 356 g/mol. The molecule has 6 heteroatoms. The van der Waals surface area contributed by atoms with E-state index >= 15 is 0 Å². The molecular formula is C17H22ClNO3S. The molecule has 2 aliphatic rings. The fraction of sp³-hybridized carbons (Fsp3) is 0.588. The molecule has 2 bridgehead atoms. The van der Waals surface area contributed by atoms with E-state index in [4.69, 9.17) is 11.6 Å². The maximum atomic E-state index is 12.7. The van der Waals surface area contributed by atoms with Gasteiger partial charge in [0.2, 0.25) is 10.0 Å². The van der Waals surface area contributed by atoms with Gasteiger partial charge in [-0.25, -0.2) is 8.42 Å². The molecule has 1 aromatic rings. The lowest BCUT2D eigenvalue weighted by Gasteiger charge is -2.36. The molecule has 0 saturated heterocycles. The molecule has 0 heterocycles. The van der Waals surface area contributed by atoms with Gasteiger partial charge < -0.3 is 0 Å². The van der Waals surface area contributed by atoms with Gasteiger partial charge in [0, 0.05) is 11.4 Å². The van der Waals surface area contributed by atoms with Crippen molar-refractivity contribution in [2.75, 3.05) is 10.5 Å². The number of ketones is 1. The van der Waals surface area contributed by atoms with Crippen molar-refractivity contribution < 1.29 is 13.2 Å². The molecule has 2 fully saturated rings. The second-order valence-corrected chi connectivity index (χ2v) is 9.65. The molecule has 0 aliphatic heterocycles. The van der Waals surface area contributed by atoms with Gasteiger partial charge in [0.05, 0.1) is 16.9 Å².